The van der Waals surface area contributed by atoms with Crippen LogP contribution in [-0.4, -0.2) is 10.2 Å². The zero-order chi connectivity index (χ0) is 14.3. The van der Waals surface area contributed by atoms with E-state index in [2.05, 4.69) is 5.32 Å². The van der Waals surface area contributed by atoms with E-state index in [0.717, 1.165) is 11.8 Å². The fourth-order valence-corrected chi connectivity index (χ4v) is 2.99. The van der Waals surface area contributed by atoms with Crippen LogP contribution in [0.3, 0.4) is 0 Å². The number of rotatable bonds is 1. The molecule has 2 heterocycles. The SMILES string of the molecule is O=C1NC(=S)SC1=Cc1coc2ccc(Cl)cc2c1=O. The van der Waals surface area contributed by atoms with Gasteiger partial charge in [0.05, 0.1) is 15.9 Å². The largest absolute Gasteiger partial charge is 0.463 e. The van der Waals surface area contributed by atoms with Gasteiger partial charge in [0, 0.05) is 5.02 Å². The number of hydrogen-bond acceptors (Lipinski definition) is 5. The molecule has 1 saturated heterocycles. The van der Waals surface area contributed by atoms with Gasteiger partial charge in [-0.2, -0.15) is 0 Å². The molecule has 0 saturated carbocycles. The highest BCUT2D eigenvalue weighted by atomic mass is 35.5. The zero-order valence-corrected chi connectivity index (χ0v) is 12.2. The molecule has 0 radical (unpaired) electrons. The van der Waals surface area contributed by atoms with Gasteiger partial charge in [-0.25, -0.2) is 0 Å². The summed E-state index contributed by atoms with van der Waals surface area (Å²) < 4.78 is 5.74. The molecule has 2 aromatic rings. The molecule has 1 amide bonds. The summed E-state index contributed by atoms with van der Waals surface area (Å²) in [7, 11) is 0. The van der Waals surface area contributed by atoms with E-state index in [1.165, 1.54) is 18.4 Å². The lowest BCUT2D eigenvalue weighted by Crippen LogP contribution is -2.17. The number of thiocarbonyl (C=S) groups is 1. The normalized spacial score (nSPS) is 16.9. The Bertz CT molecular complexity index is 841. The van der Waals surface area contributed by atoms with Gasteiger partial charge in [0.2, 0.25) is 0 Å². The Morgan fingerprint density at radius 3 is 2.85 bits per heavy atom. The van der Waals surface area contributed by atoms with Crippen LogP contribution >= 0.6 is 35.6 Å². The minimum atomic E-state index is -0.314. The number of fused-ring (bicyclic) bond motifs is 1. The Morgan fingerprint density at radius 1 is 1.35 bits per heavy atom. The summed E-state index contributed by atoms with van der Waals surface area (Å²) in [5.74, 6) is -0.314. The van der Waals surface area contributed by atoms with Crippen LogP contribution in [0.5, 0.6) is 0 Å². The topological polar surface area (TPSA) is 59.3 Å². The molecule has 100 valence electrons. The molecule has 0 bridgehead atoms. The maximum absolute atomic E-state index is 12.3. The van der Waals surface area contributed by atoms with Crippen LogP contribution in [0.4, 0.5) is 0 Å². The van der Waals surface area contributed by atoms with Crippen molar-refractivity contribution in [3.05, 3.63) is 50.2 Å². The second-order valence-electron chi connectivity index (χ2n) is 4.01. The molecule has 3 rings (SSSR count). The summed E-state index contributed by atoms with van der Waals surface area (Å²) >= 11 is 11.9. The average molecular weight is 324 g/mol. The van der Waals surface area contributed by atoms with Crippen molar-refractivity contribution < 1.29 is 9.21 Å². The highest BCUT2D eigenvalue weighted by Crippen LogP contribution is 2.26. The number of halogens is 1. The van der Waals surface area contributed by atoms with Gasteiger partial charge in [-0.1, -0.05) is 35.6 Å². The van der Waals surface area contributed by atoms with Gasteiger partial charge < -0.3 is 9.73 Å². The molecule has 1 aliphatic heterocycles. The number of benzene rings is 1. The Kier molecular flexibility index (Phi) is 3.37. The van der Waals surface area contributed by atoms with E-state index in [-0.39, 0.29) is 16.9 Å². The molecule has 4 nitrogen and oxygen atoms in total. The van der Waals surface area contributed by atoms with Gasteiger partial charge in [0.25, 0.3) is 5.91 Å². The number of nitrogens with one attached hydrogen (secondary N) is 1. The first-order valence-corrected chi connectivity index (χ1v) is 7.11. The summed E-state index contributed by atoms with van der Waals surface area (Å²) in [6.07, 6.45) is 2.78. The molecular formula is C13H6ClNO3S2. The third kappa shape index (κ3) is 2.37. The maximum Gasteiger partial charge on any atom is 0.263 e. The summed E-state index contributed by atoms with van der Waals surface area (Å²) in [5.41, 5.74) is 0.482. The lowest BCUT2D eigenvalue weighted by molar-refractivity contribution is -0.115. The van der Waals surface area contributed by atoms with Crippen LogP contribution in [0.1, 0.15) is 5.56 Å². The fraction of sp³-hybridized carbons (Fsp3) is 0. The van der Waals surface area contributed by atoms with Crippen molar-refractivity contribution in [1.29, 1.82) is 0 Å². The number of hydrogen-bond donors (Lipinski definition) is 1. The maximum atomic E-state index is 12.3. The molecule has 0 spiro atoms. The third-order valence-corrected chi connectivity index (χ3v) is 4.09. The highest BCUT2D eigenvalue weighted by Gasteiger charge is 2.22. The molecule has 1 N–H and O–H groups in total. The van der Waals surface area contributed by atoms with E-state index in [4.69, 9.17) is 28.2 Å². The van der Waals surface area contributed by atoms with Crippen molar-refractivity contribution in [2.75, 3.05) is 0 Å². The van der Waals surface area contributed by atoms with Gasteiger partial charge in [-0.3, -0.25) is 9.59 Å². The van der Waals surface area contributed by atoms with E-state index in [1.54, 1.807) is 12.1 Å². The summed E-state index contributed by atoms with van der Waals surface area (Å²) in [4.78, 5) is 24.3. The van der Waals surface area contributed by atoms with Gasteiger partial charge >= 0.3 is 0 Å². The number of amides is 1. The molecule has 20 heavy (non-hydrogen) atoms. The third-order valence-electron chi connectivity index (χ3n) is 2.69. The Balaban J connectivity index is 2.16. The van der Waals surface area contributed by atoms with Crippen LogP contribution in [0.25, 0.3) is 17.0 Å². The quantitative estimate of drug-likeness (QED) is 0.646. The molecule has 1 aromatic heterocycles. The first-order chi connectivity index (χ1) is 9.54. The van der Waals surface area contributed by atoms with Crippen LogP contribution in [0.15, 0.2) is 38.6 Å². The molecule has 1 aromatic carbocycles. The molecule has 1 aliphatic rings. The summed E-state index contributed by atoms with van der Waals surface area (Å²) in [5, 5.41) is 3.31. The molecule has 0 unspecified atom stereocenters. The lowest BCUT2D eigenvalue weighted by Gasteiger charge is -1.99. The number of carbonyl (C=O) groups excluding carboxylic acids is 1. The molecule has 7 heteroatoms. The molecular weight excluding hydrogens is 318 g/mol. The monoisotopic (exact) mass is 323 g/mol. The van der Waals surface area contributed by atoms with E-state index in [9.17, 15) is 9.59 Å². The molecule has 0 atom stereocenters. The van der Waals surface area contributed by atoms with Crippen LogP contribution in [0.2, 0.25) is 5.02 Å². The Morgan fingerprint density at radius 2 is 2.15 bits per heavy atom. The van der Waals surface area contributed by atoms with Gasteiger partial charge in [-0.05, 0) is 24.3 Å². The van der Waals surface area contributed by atoms with Crippen molar-refractivity contribution in [2.45, 2.75) is 0 Å². The fourth-order valence-electron chi connectivity index (χ4n) is 1.78. The predicted molar refractivity (Wildman–Crippen MR) is 83.8 cm³/mol. The average Bonchev–Trinajstić information content (AvgIpc) is 2.72. The van der Waals surface area contributed by atoms with Crippen LogP contribution < -0.4 is 10.7 Å². The van der Waals surface area contributed by atoms with E-state index < -0.39 is 0 Å². The van der Waals surface area contributed by atoms with Crippen molar-refractivity contribution in [3.8, 4) is 0 Å². The Labute approximate surface area is 127 Å². The standard InChI is InChI=1S/C13H6ClNO3S2/c14-7-1-2-9-8(4-7)11(16)6(5-18-9)3-10-12(17)15-13(19)20-10/h1-5H,(H,15,17,19). The van der Waals surface area contributed by atoms with Crippen molar-refractivity contribution in [3.63, 3.8) is 0 Å². The van der Waals surface area contributed by atoms with Crippen LogP contribution in [-0.2, 0) is 4.79 Å². The highest BCUT2D eigenvalue weighted by molar-refractivity contribution is 8.26. The van der Waals surface area contributed by atoms with Crippen molar-refractivity contribution in [2.24, 2.45) is 0 Å². The second-order valence-corrected chi connectivity index (χ2v) is 6.17. The molecule has 1 fully saturated rings. The first kappa shape index (κ1) is 13.4. The predicted octanol–water partition coefficient (Wildman–Crippen LogP) is 2.94. The van der Waals surface area contributed by atoms with E-state index in [1.807, 2.05) is 0 Å². The van der Waals surface area contributed by atoms with Crippen molar-refractivity contribution in [1.82, 2.24) is 5.32 Å². The van der Waals surface area contributed by atoms with E-state index >= 15 is 0 Å². The summed E-state index contributed by atoms with van der Waals surface area (Å²) in [6, 6.07) is 4.81. The van der Waals surface area contributed by atoms with Gasteiger partial charge in [-0.15, -0.1) is 0 Å². The minimum absolute atomic E-state index is 0.243. The zero-order valence-electron chi connectivity index (χ0n) is 9.81. The van der Waals surface area contributed by atoms with Gasteiger partial charge in [0.15, 0.2) is 5.43 Å². The second kappa shape index (κ2) is 5.05. The minimum Gasteiger partial charge on any atom is -0.463 e. The smallest absolute Gasteiger partial charge is 0.263 e. The lowest BCUT2D eigenvalue weighted by atomic mass is 10.1. The molecule has 0 aliphatic carbocycles. The summed E-state index contributed by atoms with van der Waals surface area (Å²) in [6.45, 7) is 0. The van der Waals surface area contributed by atoms with E-state index in [0.29, 0.717) is 25.2 Å². The Hall–Kier alpha value is -1.63. The van der Waals surface area contributed by atoms with Gasteiger partial charge in [0.1, 0.15) is 16.2 Å². The first-order valence-electron chi connectivity index (χ1n) is 5.50. The van der Waals surface area contributed by atoms with Crippen LogP contribution in [0, 0.1) is 0 Å². The number of carbonyl (C=O) groups is 1. The number of thioether (sulfide) groups is 1. The van der Waals surface area contributed by atoms with Crippen molar-refractivity contribution >= 4 is 62.9 Å².